The maximum absolute atomic E-state index is 12.9. The van der Waals surface area contributed by atoms with Gasteiger partial charge in [-0.2, -0.15) is 0 Å². The quantitative estimate of drug-likeness (QED) is 0.584. The number of carbonyl (C=O) groups excluding carboxylic acids is 1. The van der Waals surface area contributed by atoms with Crippen molar-refractivity contribution in [2.75, 3.05) is 7.11 Å². The summed E-state index contributed by atoms with van der Waals surface area (Å²) in [6, 6.07) is 27.2. The molecular weight excluding hydrogens is 388 g/mol. The van der Waals surface area contributed by atoms with Crippen molar-refractivity contribution in [3.05, 3.63) is 113 Å². The number of carbonyl (C=O) groups is 1. The first-order chi connectivity index (χ1) is 15.2. The van der Waals surface area contributed by atoms with Gasteiger partial charge in [-0.3, -0.25) is 15.1 Å². The van der Waals surface area contributed by atoms with Crippen molar-refractivity contribution < 1.29 is 14.4 Å². The van der Waals surface area contributed by atoms with Crippen LogP contribution in [0.1, 0.15) is 21.5 Å². The normalized spacial score (nSPS) is 16.2. The van der Waals surface area contributed by atoms with E-state index in [0.29, 0.717) is 17.7 Å². The van der Waals surface area contributed by atoms with Gasteiger partial charge >= 0.3 is 0 Å². The van der Waals surface area contributed by atoms with Crippen LogP contribution in [0.3, 0.4) is 0 Å². The maximum Gasteiger partial charge on any atom is 0.251 e. The van der Waals surface area contributed by atoms with Crippen LogP contribution in [-0.2, 0) is 17.7 Å². The van der Waals surface area contributed by atoms with E-state index in [1.807, 2.05) is 36.4 Å². The van der Waals surface area contributed by atoms with E-state index < -0.39 is 0 Å². The van der Waals surface area contributed by atoms with Crippen LogP contribution in [0.25, 0.3) is 0 Å². The lowest BCUT2D eigenvalue weighted by Gasteiger charge is -2.23. The minimum Gasteiger partial charge on any atom is -0.497 e. The Morgan fingerprint density at radius 1 is 0.968 bits per heavy atom. The summed E-state index contributed by atoms with van der Waals surface area (Å²) in [5, 5.41) is 3.16. The molecule has 0 saturated heterocycles. The Kier molecular flexibility index (Phi) is 6.65. The molecule has 2 atom stereocenters. The number of hydroxylamine groups is 1. The van der Waals surface area contributed by atoms with E-state index in [2.05, 4.69) is 41.1 Å². The molecule has 2 unspecified atom stereocenters. The highest BCUT2D eigenvalue weighted by atomic mass is 16.7. The average Bonchev–Trinajstić information content (AvgIpc) is 3.28. The molecule has 158 valence electrons. The first-order valence-electron chi connectivity index (χ1n) is 10.4. The van der Waals surface area contributed by atoms with E-state index >= 15 is 0 Å². The lowest BCUT2D eigenvalue weighted by atomic mass is 9.99. The van der Waals surface area contributed by atoms with Crippen LogP contribution in [-0.4, -0.2) is 25.2 Å². The van der Waals surface area contributed by atoms with Crippen molar-refractivity contribution in [1.29, 1.82) is 0 Å². The van der Waals surface area contributed by atoms with E-state index in [-0.39, 0.29) is 18.1 Å². The van der Waals surface area contributed by atoms with Gasteiger partial charge in [-0.25, -0.2) is 0 Å². The fraction of sp³-hybridized carbons (Fsp3) is 0.192. The smallest absolute Gasteiger partial charge is 0.251 e. The summed E-state index contributed by atoms with van der Waals surface area (Å²) < 4.78 is 5.18. The highest BCUT2D eigenvalue weighted by Crippen LogP contribution is 2.19. The third-order valence-electron chi connectivity index (χ3n) is 5.29. The Bertz CT molecular complexity index is 1020. The molecule has 31 heavy (non-hydrogen) atoms. The fourth-order valence-electron chi connectivity index (χ4n) is 3.63. The molecule has 0 bridgehead atoms. The summed E-state index contributed by atoms with van der Waals surface area (Å²) in [6.07, 6.45) is 3.20. The number of hydrogen-bond donors (Lipinski definition) is 2. The lowest BCUT2D eigenvalue weighted by molar-refractivity contribution is 0.0201. The molecule has 2 N–H and O–H groups in total. The summed E-state index contributed by atoms with van der Waals surface area (Å²) in [7, 11) is 1.61. The van der Waals surface area contributed by atoms with Crippen molar-refractivity contribution in [2.45, 2.75) is 25.0 Å². The predicted molar refractivity (Wildman–Crippen MR) is 121 cm³/mol. The highest BCUT2D eigenvalue weighted by Gasteiger charge is 2.28. The Labute approximate surface area is 182 Å². The van der Waals surface area contributed by atoms with Crippen LogP contribution in [0.5, 0.6) is 5.75 Å². The number of allylic oxidation sites excluding steroid dienone is 1. The van der Waals surface area contributed by atoms with Gasteiger partial charge in [-0.1, -0.05) is 60.7 Å². The molecule has 0 spiro atoms. The molecule has 0 saturated carbocycles. The number of rotatable bonds is 8. The van der Waals surface area contributed by atoms with Crippen molar-refractivity contribution in [1.82, 2.24) is 10.8 Å². The lowest BCUT2D eigenvalue weighted by Crippen LogP contribution is -2.45. The largest absolute Gasteiger partial charge is 0.497 e. The fourth-order valence-corrected chi connectivity index (χ4v) is 3.63. The molecule has 4 rings (SSSR count). The number of amides is 1. The van der Waals surface area contributed by atoms with Crippen LogP contribution >= 0.6 is 0 Å². The van der Waals surface area contributed by atoms with Gasteiger partial charge in [0.1, 0.15) is 11.9 Å². The minimum atomic E-state index is -0.277. The number of methoxy groups -OCH3 is 1. The Hall–Kier alpha value is -3.57. The van der Waals surface area contributed by atoms with Gasteiger partial charge in [-0.05, 0) is 47.9 Å². The molecule has 1 aliphatic rings. The molecule has 0 aliphatic carbocycles. The van der Waals surface area contributed by atoms with Gasteiger partial charge in [0.05, 0.1) is 13.2 Å². The predicted octanol–water partition coefficient (Wildman–Crippen LogP) is 4.07. The number of benzene rings is 3. The van der Waals surface area contributed by atoms with Crippen LogP contribution < -0.4 is 15.5 Å². The molecule has 3 aromatic carbocycles. The minimum absolute atomic E-state index is 0.142. The molecule has 0 aromatic heterocycles. The summed E-state index contributed by atoms with van der Waals surface area (Å²) in [5.74, 6) is 0.575. The van der Waals surface area contributed by atoms with Crippen LogP contribution in [0.4, 0.5) is 0 Å². The second kappa shape index (κ2) is 9.96. The standard InChI is InChI=1S/C26H26N2O3/c1-30-23-14-12-21(13-15-23)26(29)27-24(17-20-10-6-3-7-11-20)25-18-22(28-31-25)16-19-8-4-2-5-9-19/h2-15,18,24-25,28H,16-17H2,1H3,(H,27,29). The zero-order valence-corrected chi connectivity index (χ0v) is 17.5. The van der Waals surface area contributed by atoms with Gasteiger partial charge in [0.25, 0.3) is 5.91 Å². The van der Waals surface area contributed by atoms with E-state index in [1.165, 1.54) is 5.56 Å². The average molecular weight is 415 g/mol. The summed E-state index contributed by atoms with van der Waals surface area (Å²) in [4.78, 5) is 18.8. The summed E-state index contributed by atoms with van der Waals surface area (Å²) in [6.45, 7) is 0. The molecule has 3 aromatic rings. The van der Waals surface area contributed by atoms with Gasteiger partial charge in [-0.15, -0.1) is 0 Å². The van der Waals surface area contributed by atoms with Crippen molar-refractivity contribution in [3.63, 3.8) is 0 Å². The third-order valence-corrected chi connectivity index (χ3v) is 5.29. The molecule has 1 aliphatic heterocycles. The van der Waals surface area contributed by atoms with Crippen molar-refractivity contribution in [2.24, 2.45) is 0 Å². The van der Waals surface area contributed by atoms with Gasteiger partial charge in [0.15, 0.2) is 0 Å². The maximum atomic E-state index is 12.9. The van der Waals surface area contributed by atoms with Crippen molar-refractivity contribution in [3.8, 4) is 5.75 Å². The zero-order chi connectivity index (χ0) is 21.5. The monoisotopic (exact) mass is 414 g/mol. The first kappa shape index (κ1) is 20.7. The van der Waals surface area contributed by atoms with Crippen LogP contribution in [0.2, 0.25) is 0 Å². The summed E-state index contributed by atoms with van der Waals surface area (Å²) >= 11 is 0. The number of nitrogens with one attached hydrogen (secondary N) is 2. The van der Waals surface area contributed by atoms with Gasteiger partial charge in [0, 0.05) is 17.7 Å². The third kappa shape index (κ3) is 5.53. The first-order valence-corrected chi connectivity index (χ1v) is 10.4. The Balaban J connectivity index is 1.50. The summed E-state index contributed by atoms with van der Waals surface area (Å²) in [5.41, 5.74) is 6.95. The molecule has 1 amide bonds. The zero-order valence-electron chi connectivity index (χ0n) is 17.5. The topological polar surface area (TPSA) is 59.6 Å². The molecule has 5 heteroatoms. The Morgan fingerprint density at radius 2 is 1.61 bits per heavy atom. The highest BCUT2D eigenvalue weighted by molar-refractivity contribution is 5.94. The Morgan fingerprint density at radius 3 is 2.26 bits per heavy atom. The number of ether oxygens (including phenoxy) is 1. The molecular formula is C26H26N2O3. The van der Waals surface area contributed by atoms with E-state index in [9.17, 15) is 4.79 Å². The van der Waals surface area contributed by atoms with Gasteiger partial charge < -0.3 is 10.1 Å². The van der Waals surface area contributed by atoms with Crippen LogP contribution in [0, 0.1) is 0 Å². The molecule has 1 heterocycles. The van der Waals surface area contributed by atoms with E-state index in [4.69, 9.17) is 9.57 Å². The van der Waals surface area contributed by atoms with Crippen molar-refractivity contribution >= 4 is 5.91 Å². The molecule has 0 radical (unpaired) electrons. The number of hydrogen-bond acceptors (Lipinski definition) is 4. The van der Waals surface area contributed by atoms with E-state index in [0.717, 1.165) is 17.7 Å². The van der Waals surface area contributed by atoms with Gasteiger partial charge in [0.2, 0.25) is 0 Å². The second-order valence-corrected chi connectivity index (χ2v) is 7.54. The van der Waals surface area contributed by atoms with Crippen LogP contribution in [0.15, 0.2) is 96.7 Å². The van der Waals surface area contributed by atoms with E-state index in [1.54, 1.807) is 31.4 Å². The molecule has 0 fully saturated rings. The molecule has 5 nitrogen and oxygen atoms in total. The second-order valence-electron chi connectivity index (χ2n) is 7.54. The SMILES string of the molecule is COc1ccc(C(=O)NC(Cc2ccccc2)C2C=C(Cc3ccccc3)NO2)cc1.